The van der Waals surface area contributed by atoms with Crippen LogP contribution in [0.2, 0.25) is 0 Å². The highest BCUT2D eigenvalue weighted by atomic mass is 16.5. The van der Waals surface area contributed by atoms with Crippen molar-refractivity contribution in [3.8, 4) is 0 Å². The molecule has 0 saturated heterocycles. The van der Waals surface area contributed by atoms with E-state index in [9.17, 15) is 9.59 Å². The van der Waals surface area contributed by atoms with Gasteiger partial charge in [-0.05, 0) is 24.0 Å². The monoisotopic (exact) mass is 296 g/mol. The zero-order valence-electron chi connectivity index (χ0n) is 12.9. The second-order valence-corrected chi connectivity index (χ2v) is 6.18. The van der Waals surface area contributed by atoms with Crippen molar-refractivity contribution in [2.24, 2.45) is 17.3 Å². The second kappa shape index (κ2) is 5.24. The van der Waals surface area contributed by atoms with Gasteiger partial charge in [0.2, 0.25) is 5.78 Å². The predicted octanol–water partition coefficient (Wildman–Crippen LogP) is 3.28. The van der Waals surface area contributed by atoms with E-state index in [4.69, 9.17) is 4.74 Å². The van der Waals surface area contributed by atoms with E-state index in [-0.39, 0.29) is 23.4 Å². The maximum Gasteiger partial charge on any atom is 0.208 e. The lowest BCUT2D eigenvalue weighted by atomic mass is 9.71. The van der Waals surface area contributed by atoms with Crippen molar-refractivity contribution in [1.82, 2.24) is 0 Å². The summed E-state index contributed by atoms with van der Waals surface area (Å²) in [4.78, 5) is 25.7. The minimum absolute atomic E-state index is 0.0135. The fraction of sp³-hybridized carbons (Fsp3) is 0.368. The molecule has 3 nitrogen and oxygen atoms in total. The van der Waals surface area contributed by atoms with Crippen molar-refractivity contribution < 1.29 is 14.3 Å². The Hall–Kier alpha value is -2.16. The molecule has 22 heavy (non-hydrogen) atoms. The number of carbonyl (C=O) groups is 2. The number of fused-ring (bicyclic) bond motifs is 2. The van der Waals surface area contributed by atoms with Crippen LogP contribution in [0.25, 0.3) is 0 Å². The van der Waals surface area contributed by atoms with Crippen LogP contribution in [0.15, 0.2) is 54.8 Å². The highest BCUT2D eigenvalue weighted by Gasteiger charge is 2.62. The van der Waals surface area contributed by atoms with Gasteiger partial charge in [0.25, 0.3) is 0 Å². The molecule has 0 aliphatic heterocycles. The Kier molecular flexibility index (Phi) is 3.51. The molecule has 0 N–H and O–H groups in total. The van der Waals surface area contributed by atoms with Crippen molar-refractivity contribution in [1.29, 1.82) is 0 Å². The van der Waals surface area contributed by atoms with Crippen LogP contribution in [0.3, 0.4) is 0 Å². The molecule has 0 aromatic heterocycles. The quantitative estimate of drug-likeness (QED) is 0.632. The normalized spacial score (nSPS) is 33.5. The topological polar surface area (TPSA) is 43.4 Å². The van der Waals surface area contributed by atoms with Gasteiger partial charge in [-0.2, -0.15) is 0 Å². The van der Waals surface area contributed by atoms with E-state index in [2.05, 4.69) is 13.5 Å². The SMILES string of the molecule is C=CC[C@@]12C=C(OC)C(=O)[C@@H](C1=O)[C@H](c1ccccc1)[C@H]2C. The van der Waals surface area contributed by atoms with Crippen LogP contribution >= 0.6 is 0 Å². The molecule has 2 aliphatic rings. The van der Waals surface area contributed by atoms with Gasteiger partial charge in [0.05, 0.1) is 18.4 Å². The highest BCUT2D eigenvalue weighted by molar-refractivity contribution is 6.17. The Labute approximate surface area is 130 Å². The van der Waals surface area contributed by atoms with E-state index in [1.807, 2.05) is 30.3 Å². The molecule has 1 aromatic carbocycles. The first kappa shape index (κ1) is 14.8. The summed E-state index contributed by atoms with van der Waals surface area (Å²) in [6.07, 6.45) is 4.04. The van der Waals surface area contributed by atoms with Crippen molar-refractivity contribution in [2.75, 3.05) is 7.11 Å². The number of ketones is 2. The molecule has 0 radical (unpaired) electrons. The summed E-state index contributed by atoms with van der Waals surface area (Å²) in [6.45, 7) is 5.85. The molecular weight excluding hydrogens is 276 g/mol. The van der Waals surface area contributed by atoms with Crippen LogP contribution in [-0.2, 0) is 14.3 Å². The number of hydrogen-bond acceptors (Lipinski definition) is 3. The second-order valence-electron chi connectivity index (χ2n) is 6.18. The average molecular weight is 296 g/mol. The summed E-state index contributed by atoms with van der Waals surface area (Å²) < 4.78 is 5.26. The van der Waals surface area contributed by atoms with Crippen LogP contribution in [0.1, 0.15) is 24.8 Å². The minimum Gasteiger partial charge on any atom is -0.493 e. The van der Waals surface area contributed by atoms with Gasteiger partial charge in [0.1, 0.15) is 0 Å². The minimum atomic E-state index is -0.674. The van der Waals surface area contributed by atoms with Crippen LogP contribution in [0.4, 0.5) is 0 Å². The lowest BCUT2D eigenvalue weighted by Gasteiger charge is -2.31. The Morgan fingerprint density at radius 2 is 1.95 bits per heavy atom. The molecule has 1 fully saturated rings. The largest absolute Gasteiger partial charge is 0.493 e. The third kappa shape index (κ3) is 1.81. The number of Topliss-reactive ketones (excluding diaryl/α,β-unsaturated/α-hetero) is 2. The first-order chi connectivity index (χ1) is 10.6. The Bertz CT molecular complexity index is 659. The number of ether oxygens (including phenoxy) is 1. The predicted molar refractivity (Wildman–Crippen MR) is 84.2 cm³/mol. The molecule has 3 heteroatoms. The van der Waals surface area contributed by atoms with Gasteiger partial charge in [0, 0.05) is 5.92 Å². The van der Waals surface area contributed by atoms with E-state index in [1.165, 1.54) is 7.11 Å². The first-order valence-electron chi connectivity index (χ1n) is 7.58. The van der Waals surface area contributed by atoms with E-state index in [1.54, 1.807) is 12.2 Å². The Morgan fingerprint density at radius 1 is 1.27 bits per heavy atom. The molecular formula is C19H20O3. The zero-order valence-corrected chi connectivity index (χ0v) is 12.9. The van der Waals surface area contributed by atoms with Gasteiger partial charge in [-0.3, -0.25) is 9.59 Å². The third-order valence-electron chi connectivity index (χ3n) is 5.25. The van der Waals surface area contributed by atoms with E-state index in [0.29, 0.717) is 12.2 Å². The number of hydrogen-bond donors (Lipinski definition) is 0. The molecule has 2 aliphatic carbocycles. The lowest BCUT2D eigenvalue weighted by molar-refractivity contribution is -0.136. The van der Waals surface area contributed by atoms with E-state index in [0.717, 1.165) is 5.56 Å². The van der Waals surface area contributed by atoms with Crippen LogP contribution < -0.4 is 0 Å². The maximum atomic E-state index is 13.0. The van der Waals surface area contributed by atoms with Crippen molar-refractivity contribution in [2.45, 2.75) is 19.3 Å². The Balaban J connectivity index is 2.18. The molecule has 114 valence electrons. The molecule has 0 heterocycles. The summed E-state index contributed by atoms with van der Waals surface area (Å²) >= 11 is 0. The van der Waals surface area contributed by atoms with Crippen molar-refractivity contribution in [3.05, 3.63) is 60.4 Å². The molecule has 1 saturated carbocycles. The summed E-state index contributed by atoms with van der Waals surface area (Å²) in [6, 6.07) is 9.83. The highest BCUT2D eigenvalue weighted by Crippen LogP contribution is 2.58. The summed E-state index contributed by atoms with van der Waals surface area (Å²) in [7, 11) is 1.49. The van der Waals surface area contributed by atoms with Gasteiger partial charge in [-0.1, -0.05) is 43.3 Å². The standard InChI is InChI=1S/C19H20O3/c1-4-10-19-11-14(22-3)17(20)16(18(19)21)15(12(19)2)13-8-6-5-7-9-13/h4-9,11-12,15-16H,1,10H2,2-3H3/t12-,15+,16+,19+/m1/s1. The number of carbonyl (C=O) groups excluding carboxylic acids is 2. The number of methoxy groups -OCH3 is 1. The van der Waals surface area contributed by atoms with Gasteiger partial charge < -0.3 is 4.74 Å². The number of rotatable bonds is 4. The first-order valence-corrected chi connectivity index (χ1v) is 7.58. The summed E-state index contributed by atoms with van der Waals surface area (Å²) in [5.74, 6) is -0.578. The number of benzene rings is 1. The summed E-state index contributed by atoms with van der Waals surface area (Å²) in [5, 5.41) is 0. The van der Waals surface area contributed by atoms with Crippen molar-refractivity contribution >= 4 is 11.6 Å². The molecule has 3 rings (SSSR count). The van der Waals surface area contributed by atoms with E-state index >= 15 is 0 Å². The maximum absolute atomic E-state index is 13.0. The summed E-state index contributed by atoms with van der Waals surface area (Å²) in [5.41, 5.74) is 0.366. The number of allylic oxidation sites excluding steroid dienone is 3. The Morgan fingerprint density at radius 3 is 2.55 bits per heavy atom. The van der Waals surface area contributed by atoms with Gasteiger partial charge in [-0.25, -0.2) is 0 Å². The van der Waals surface area contributed by atoms with Gasteiger partial charge in [0.15, 0.2) is 11.5 Å². The van der Waals surface area contributed by atoms with Crippen LogP contribution in [-0.4, -0.2) is 18.7 Å². The van der Waals surface area contributed by atoms with Crippen LogP contribution in [0, 0.1) is 17.3 Å². The molecule has 4 atom stereocenters. The van der Waals surface area contributed by atoms with Crippen molar-refractivity contribution in [3.63, 3.8) is 0 Å². The molecule has 2 bridgehead atoms. The third-order valence-corrected chi connectivity index (χ3v) is 5.25. The fourth-order valence-electron chi connectivity index (χ4n) is 4.13. The smallest absolute Gasteiger partial charge is 0.208 e. The zero-order chi connectivity index (χ0) is 15.9. The average Bonchev–Trinajstić information content (AvgIpc) is 2.68. The molecule has 0 amide bonds. The van der Waals surface area contributed by atoms with Gasteiger partial charge >= 0.3 is 0 Å². The molecule has 1 aromatic rings. The fourth-order valence-corrected chi connectivity index (χ4v) is 4.13. The van der Waals surface area contributed by atoms with E-state index < -0.39 is 11.3 Å². The molecule has 0 unspecified atom stereocenters. The van der Waals surface area contributed by atoms with Gasteiger partial charge in [-0.15, -0.1) is 6.58 Å². The lowest BCUT2D eigenvalue weighted by Crippen LogP contribution is -2.38. The van der Waals surface area contributed by atoms with Crippen LogP contribution in [0.5, 0.6) is 0 Å². The molecule has 0 spiro atoms.